The van der Waals surface area contributed by atoms with Crippen molar-refractivity contribution in [3.05, 3.63) is 36.0 Å². The maximum atomic E-state index is 9.42. The predicted octanol–water partition coefficient (Wildman–Crippen LogP) is 0.222. The molecule has 0 radical (unpaired) electrons. The molecule has 1 aliphatic carbocycles. The largest absolute Gasteiger partial charge is 0.399 e. The van der Waals surface area contributed by atoms with E-state index >= 15 is 0 Å². The third-order valence-electron chi connectivity index (χ3n) is 3.65. The van der Waals surface area contributed by atoms with Crippen molar-refractivity contribution in [2.75, 3.05) is 10.6 Å². The van der Waals surface area contributed by atoms with Gasteiger partial charge in [0.15, 0.2) is 0 Å². The van der Waals surface area contributed by atoms with Crippen molar-refractivity contribution in [3.8, 4) is 0 Å². The minimum absolute atomic E-state index is 0.248. The van der Waals surface area contributed by atoms with Crippen LogP contribution in [0, 0.1) is 0 Å². The molecule has 3 rings (SSSR count). The second kappa shape index (κ2) is 2.81. The summed E-state index contributed by atoms with van der Waals surface area (Å²) in [5, 5.41) is 28.3. The van der Waals surface area contributed by atoms with Gasteiger partial charge in [-0.2, -0.15) is 0 Å². The van der Waals surface area contributed by atoms with Crippen molar-refractivity contribution < 1.29 is 15.3 Å². The molecule has 90 valence electrons. The summed E-state index contributed by atoms with van der Waals surface area (Å²) in [6.45, 7) is 3.87. The molecule has 5 nitrogen and oxygen atoms in total. The number of hydrogen-bond acceptors (Lipinski definition) is 5. The van der Waals surface area contributed by atoms with Crippen LogP contribution >= 0.6 is 0 Å². The molecular formula is C12H14N2O3. The van der Waals surface area contributed by atoms with Crippen molar-refractivity contribution in [2.45, 2.75) is 24.4 Å². The van der Waals surface area contributed by atoms with Gasteiger partial charge in [-0.15, -0.1) is 0 Å². The fraction of sp³-hybridized carbons (Fsp3) is 0.333. The Hall–Kier alpha value is -1.56. The van der Waals surface area contributed by atoms with E-state index in [-0.39, 0.29) is 5.41 Å². The van der Waals surface area contributed by atoms with Gasteiger partial charge in [-0.05, 0) is 30.5 Å². The zero-order valence-electron chi connectivity index (χ0n) is 9.22. The third-order valence-corrected chi connectivity index (χ3v) is 3.65. The molecule has 1 saturated carbocycles. The lowest BCUT2D eigenvalue weighted by Gasteiger charge is -2.30. The number of anilines is 2. The zero-order chi connectivity index (χ0) is 12.4. The van der Waals surface area contributed by atoms with Crippen LogP contribution < -0.4 is 10.6 Å². The molecule has 5 heteroatoms. The molecule has 1 aromatic rings. The van der Waals surface area contributed by atoms with Crippen molar-refractivity contribution >= 4 is 11.4 Å². The van der Waals surface area contributed by atoms with Gasteiger partial charge < -0.3 is 21.1 Å². The molecular weight excluding hydrogens is 220 g/mol. The Labute approximate surface area is 98.4 Å². The summed E-state index contributed by atoms with van der Waals surface area (Å²) < 4.78 is 0. The first-order chi connectivity index (χ1) is 7.86. The molecule has 1 heterocycles. The number of rotatable bonds is 1. The first-order valence-electron chi connectivity index (χ1n) is 5.43. The summed E-state index contributed by atoms with van der Waals surface area (Å²) in [4.78, 5) is 1.03. The molecule has 0 aromatic heterocycles. The summed E-state index contributed by atoms with van der Waals surface area (Å²) in [6, 6.07) is 5.24. The zero-order valence-corrected chi connectivity index (χ0v) is 9.22. The van der Waals surface area contributed by atoms with E-state index in [2.05, 4.69) is 6.58 Å². The summed E-state index contributed by atoms with van der Waals surface area (Å²) in [7, 11) is 0. The predicted molar refractivity (Wildman–Crippen MR) is 62.8 cm³/mol. The van der Waals surface area contributed by atoms with Gasteiger partial charge in [0, 0.05) is 16.8 Å². The van der Waals surface area contributed by atoms with Crippen LogP contribution in [0.25, 0.3) is 0 Å². The van der Waals surface area contributed by atoms with Crippen LogP contribution in [0.2, 0.25) is 0 Å². The highest BCUT2D eigenvalue weighted by Gasteiger charge is 2.58. The van der Waals surface area contributed by atoms with E-state index in [0.29, 0.717) is 17.1 Å². The van der Waals surface area contributed by atoms with Crippen LogP contribution in [-0.2, 0) is 5.41 Å². The molecule has 0 saturated heterocycles. The maximum Gasteiger partial charge on any atom is 0.373 e. The van der Waals surface area contributed by atoms with Crippen LogP contribution in [0.3, 0.4) is 0 Å². The number of fused-ring (bicyclic) bond motifs is 2. The highest BCUT2D eigenvalue weighted by atomic mass is 16.7. The third kappa shape index (κ3) is 1.24. The van der Waals surface area contributed by atoms with E-state index in [0.717, 1.165) is 23.3 Å². The molecule has 0 unspecified atom stereocenters. The quantitative estimate of drug-likeness (QED) is 0.412. The van der Waals surface area contributed by atoms with E-state index in [4.69, 9.17) is 5.73 Å². The molecule has 1 spiro atoms. The van der Waals surface area contributed by atoms with Gasteiger partial charge >= 0.3 is 6.10 Å². The standard InChI is InChI=1S/C12H14N2O3/c1-7-11(4-5-11)9-3-2-8(13)6-10(9)14(7)12(15,16)17/h2-3,6,15-17H,1,4-5,13H2. The average Bonchev–Trinajstić information content (AvgIpc) is 2.92. The van der Waals surface area contributed by atoms with Crippen LogP contribution in [-0.4, -0.2) is 21.4 Å². The van der Waals surface area contributed by atoms with Gasteiger partial charge in [0.05, 0.1) is 5.69 Å². The minimum atomic E-state index is -2.94. The Morgan fingerprint density at radius 2 is 1.94 bits per heavy atom. The van der Waals surface area contributed by atoms with Crippen molar-refractivity contribution in [1.29, 1.82) is 0 Å². The number of aliphatic hydroxyl groups is 3. The molecule has 17 heavy (non-hydrogen) atoms. The first kappa shape index (κ1) is 10.6. The van der Waals surface area contributed by atoms with Crippen molar-refractivity contribution in [2.24, 2.45) is 0 Å². The van der Waals surface area contributed by atoms with Gasteiger partial charge in [0.2, 0.25) is 0 Å². The summed E-state index contributed by atoms with van der Waals surface area (Å²) >= 11 is 0. The van der Waals surface area contributed by atoms with Crippen molar-refractivity contribution in [3.63, 3.8) is 0 Å². The highest BCUT2D eigenvalue weighted by Crippen LogP contribution is 2.62. The van der Waals surface area contributed by atoms with Gasteiger partial charge in [0.1, 0.15) is 0 Å². The summed E-state index contributed by atoms with van der Waals surface area (Å²) in [5.41, 5.74) is 7.91. The SMILES string of the molecule is C=C1N(C(O)(O)O)c2cc(N)ccc2C12CC2. The highest BCUT2D eigenvalue weighted by molar-refractivity contribution is 5.76. The van der Waals surface area contributed by atoms with E-state index in [1.807, 2.05) is 6.07 Å². The summed E-state index contributed by atoms with van der Waals surface area (Å²) in [6.07, 6.45) is -1.14. The number of allylic oxidation sites excluding steroid dienone is 1. The molecule has 0 amide bonds. The van der Waals surface area contributed by atoms with Crippen molar-refractivity contribution in [1.82, 2.24) is 0 Å². The molecule has 1 aromatic carbocycles. The second-order valence-electron chi connectivity index (χ2n) is 4.74. The van der Waals surface area contributed by atoms with Gasteiger partial charge in [-0.3, -0.25) is 4.90 Å². The Balaban J connectivity index is 2.22. The Bertz CT molecular complexity index is 515. The number of benzene rings is 1. The maximum absolute atomic E-state index is 9.42. The van der Waals surface area contributed by atoms with Gasteiger partial charge in [-0.25, -0.2) is 0 Å². The van der Waals surface area contributed by atoms with Crippen LogP contribution in [0.15, 0.2) is 30.5 Å². The Morgan fingerprint density at radius 1 is 1.29 bits per heavy atom. The smallest absolute Gasteiger partial charge is 0.373 e. The summed E-state index contributed by atoms with van der Waals surface area (Å²) in [5.74, 6) is 0. The lowest BCUT2D eigenvalue weighted by Crippen LogP contribution is -2.47. The lowest BCUT2D eigenvalue weighted by molar-refractivity contribution is -0.306. The average molecular weight is 234 g/mol. The van der Waals surface area contributed by atoms with Crippen LogP contribution in [0.5, 0.6) is 0 Å². The monoisotopic (exact) mass is 234 g/mol. The van der Waals surface area contributed by atoms with Crippen LogP contribution in [0.4, 0.5) is 11.4 Å². The first-order valence-corrected chi connectivity index (χ1v) is 5.43. The minimum Gasteiger partial charge on any atom is -0.399 e. The molecule has 2 aliphatic rings. The van der Waals surface area contributed by atoms with E-state index in [1.165, 1.54) is 0 Å². The molecule has 0 atom stereocenters. The number of nitrogens with two attached hydrogens (primary N) is 1. The lowest BCUT2D eigenvalue weighted by atomic mass is 9.96. The fourth-order valence-corrected chi connectivity index (χ4v) is 2.68. The van der Waals surface area contributed by atoms with E-state index in [1.54, 1.807) is 12.1 Å². The number of nitrogens with zero attached hydrogens (tertiary/aromatic N) is 1. The molecule has 1 fully saturated rings. The molecule has 1 aliphatic heterocycles. The molecule has 0 bridgehead atoms. The second-order valence-corrected chi connectivity index (χ2v) is 4.74. The van der Waals surface area contributed by atoms with Gasteiger partial charge in [-0.1, -0.05) is 12.6 Å². The Morgan fingerprint density at radius 3 is 2.47 bits per heavy atom. The topological polar surface area (TPSA) is 90.0 Å². The normalized spacial score (nSPS) is 20.9. The van der Waals surface area contributed by atoms with Crippen LogP contribution in [0.1, 0.15) is 18.4 Å². The number of hydrogen-bond donors (Lipinski definition) is 4. The van der Waals surface area contributed by atoms with E-state index in [9.17, 15) is 15.3 Å². The van der Waals surface area contributed by atoms with Gasteiger partial charge in [0.25, 0.3) is 0 Å². The molecule has 5 N–H and O–H groups in total. The number of nitrogen functional groups attached to an aromatic ring is 1. The van der Waals surface area contributed by atoms with E-state index < -0.39 is 6.10 Å². The fourth-order valence-electron chi connectivity index (χ4n) is 2.68. The Kier molecular flexibility index (Phi) is 1.75.